The smallest absolute Gasteiger partial charge is 0.0624 e. The summed E-state index contributed by atoms with van der Waals surface area (Å²) in [7, 11) is 0. The van der Waals surface area contributed by atoms with Gasteiger partial charge in [0.05, 0.1) is 10.0 Å². The van der Waals surface area contributed by atoms with Crippen molar-refractivity contribution in [2.45, 2.75) is 11.8 Å². The van der Waals surface area contributed by atoms with Crippen LogP contribution in [-0.2, 0) is 11.8 Å². The maximum absolute atomic E-state index is 6.32. The molecule has 0 atom stereocenters. The minimum Gasteiger partial charge on any atom is -0.315 e. The van der Waals surface area contributed by atoms with Crippen LogP contribution in [0.3, 0.4) is 0 Å². The normalized spacial score (nSPS) is 16.9. The minimum absolute atomic E-state index is 0.148. The third-order valence-corrected chi connectivity index (χ3v) is 4.73. The van der Waals surface area contributed by atoms with E-state index in [1.807, 2.05) is 12.1 Å². The molecule has 0 saturated carbocycles. The molecule has 0 aromatic heterocycles. The predicted molar refractivity (Wildman–Crippen MR) is 81.2 cm³/mol. The molecule has 0 unspecified atom stereocenters. The molecular formula is C16H15Cl2N. The highest BCUT2D eigenvalue weighted by Crippen LogP contribution is 2.36. The van der Waals surface area contributed by atoms with E-state index in [0.29, 0.717) is 10.0 Å². The number of nitrogens with one attached hydrogen (secondary N) is 1. The Bertz CT molecular complexity index is 577. The molecule has 1 N–H and O–H groups in total. The Morgan fingerprint density at radius 1 is 0.947 bits per heavy atom. The molecule has 3 heteroatoms. The first-order chi connectivity index (χ1) is 9.21. The van der Waals surface area contributed by atoms with E-state index in [-0.39, 0.29) is 5.41 Å². The molecule has 0 radical (unpaired) electrons. The largest absolute Gasteiger partial charge is 0.315 e. The summed E-state index contributed by atoms with van der Waals surface area (Å²) < 4.78 is 0. The summed E-state index contributed by atoms with van der Waals surface area (Å²) >= 11 is 12.4. The van der Waals surface area contributed by atoms with Crippen LogP contribution in [0, 0.1) is 0 Å². The monoisotopic (exact) mass is 291 g/mol. The Balaban J connectivity index is 1.94. The van der Waals surface area contributed by atoms with Crippen molar-refractivity contribution in [2.75, 3.05) is 13.1 Å². The Morgan fingerprint density at radius 3 is 2.32 bits per heavy atom. The quantitative estimate of drug-likeness (QED) is 0.899. The van der Waals surface area contributed by atoms with Crippen LogP contribution in [0.15, 0.2) is 48.5 Å². The predicted octanol–water partition coefficient (Wildman–Crippen LogP) is 4.08. The van der Waals surface area contributed by atoms with Crippen LogP contribution in [0.5, 0.6) is 0 Å². The fraction of sp³-hybridized carbons (Fsp3) is 0.250. The van der Waals surface area contributed by atoms with Crippen molar-refractivity contribution in [3.05, 3.63) is 69.7 Å². The van der Waals surface area contributed by atoms with Crippen molar-refractivity contribution in [3.8, 4) is 0 Å². The fourth-order valence-electron chi connectivity index (χ4n) is 2.70. The molecule has 3 rings (SSSR count). The number of hydrogen-bond donors (Lipinski definition) is 1. The zero-order chi connectivity index (χ0) is 13.3. The first-order valence-electron chi connectivity index (χ1n) is 6.40. The van der Waals surface area contributed by atoms with Crippen LogP contribution in [0.2, 0.25) is 10.0 Å². The second-order valence-corrected chi connectivity index (χ2v) is 5.92. The fourth-order valence-corrected chi connectivity index (χ4v) is 3.09. The van der Waals surface area contributed by atoms with E-state index in [0.717, 1.165) is 25.1 Å². The zero-order valence-electron chi connectivity index (χ0n) is 10.5. The standard InChI is InChI=1S/C16H15Cl2N/c17-14-8-4-5-12(15(14)18)9-16(10-19-11-16)13-6-2-1-3-7-13/h1-8,19H,9-11H2. The summed E-state index contributed by atoms with van der Waals surface area (Å²) in [6.07, 6.45) is 0.920. The highest BCUT2D eigenvalue weighted by molar-refractivity contribution is 6.42. The second-order valence-electron chi connectivity index (χ2n) is 5.14. The molecule has 2 aromatic rings. The number of benzene rings is 2. The topological polar surface area (TPSA) is 12.0 Å². The van der Waals surface area contributed by atoms with E-state index < -0.39 is 0 Å². The Kier molecular flexibility index (Phi) is 3.53. The van der Waals surface area contributed by atoms with Gasteiger partial charge in [0.2, 0.25) is 0 Å². The van der Waals surface area contributed by atoms with Gasteiger partial charge in [-0.3, -0.25) is 0 Å². The summed E-state index contributed by atoms with van der Waals surface area (Å²) in [5.41, 5.74) is 2.64. The van der Waals surface area contributed by atoms with Crippen molar-refractivity contribution in [1.29, 1.82) is 0 Å². The van der Waals surface area contributed by atoms with Gasteiger partial charge in [-0.15, -0.1) is 0 Å². The van der Waals surface area contributed by atoms with E-state index in [1.54, 1.807) is 0 Å². The molecule has 0 aliphatic carbocycles. The van der Waals surface area contributed by atoms with E-state index in [2.05, 4.69) is 41.7 Å². The lowest BCUT2D eigenvalue weighted by Gasteiger charge is -2.43. The Labute approximate surface area is 123 Å². The van der Waals surface area contributed by atoms with Crippen LogP contribution >= 0.6 is 23.2 Å². The minimum atomic E-state index is 0.148. The zero-order valence-corrected chi connectivity index (χ0v) is 12.0. The van der Waals surface area contributed by atoms with E-state index in [1.165, 1.54) is 5.56 Å². The molecule has 1 nitrogen and oxygen atoms in total. The lowest BCUT2D eigenvalue weighted by Crippen LogP contribution is -2.58. The van der Waals surface area contributed by atoms with E-state index in [4.69, 9.17) is 23.2 Å². The third-order valence-electron chi connectivity index (χ3n) is 3.87. The van der Waals surface area contributed by atoms with Crippen LogP contribution in [0.1, 0.15) is 11.1 Å². The SMILES string of the molecule is Clc1cccc(CC2(c3ccccc3)CNC2)c1Cl. The van der Waals surface area contributed by atoms with Crippen LogP contribution < -0.4 is 5.32 Å². The van der Waals surface area contributed by atoms with Gasteiger partial charge in [0.15, 0.2) is 0 Å². The molecule has 19 heavy (non-hydrogen) atoms. The Hall–Kier alpha value is -1.02. The van der Waals surface area contributed by atoms with Gasteiger partial charge < -0.3 is 5.32 Å². The molecule has 98 valence electrons. The van der Waals surface area contributed by atoms with Crippen molar-refractivity contribution < 1.29 is 0 Å². The summed E-state index contributed by atoms with van der Waals surface area (Å²) in [4.78, 5) is 0. The highest BCUT2D eigenvalue weighted by atomic mass is 35.5. The van der Waals surface area contributed by atoms with Crippen LogP contribution in [0.25, 0.3) is 0 Å². The van der Waals surface area contributed by atoms with Crippen molar-refractivity contribution in [3.63, 3.8) is 0 Å². The van der Waals surface area contributed by atoms with Gasteiger partial charge in [-0.25, -0.2) is 0 Å². The average molecular weight is 292 g/mol. The molecule has 1 aliphatic rings. The van der Waals surface area contributed by atoms with Crippen molar-refractivity contribution >= 4 is 23.2 Å². The van der Waals surface area contributed by atoms with Gasteiger partial charge in [0, 0.05) is 18.5 Å². The molecular weight excluding hydrogens is 277 g/mol. The first-order valence-corrected chi connectivity index (χ1v) is 7.16. The first kappa shape index (κ1) is 13.0. The van der Waals surface area contributed by atoms with Gasteiger partial charge in [0.25, 0.3) is 0 Å². The maximum Gasteiger partial charge on any atom is 0.0624 e. The molecule has 0 spiro atoms. The Morgan fingerprint density at radius 2 is 1.68 bits per heavy atom. The second kappa shape index (κ2) is 5.16. The number of rotatable bonds is 3. The molecule has 0 bridgehead atoms. The van der Waals surface area contributed by atoms with Gasteiger partial charge in [-0.05, 0) is 23.6 Å². The van der Waals surface area contributed by atoms with E-state index in [9.17, 15) is 0 Å². The summed E-state index contributed by atoms with van der Waals surface area (Å²) in [6, 6.07) is 16.5. The molecule has 1 heterocycles. The van der Waals surface area contributed by atoms with E-state index >= 15 is 0 Å². The van der Waals surface area contributed by atoms with Crippen molar-refractivity contribution in [1.82, 2.24) is 5.32 Å². The third kappa shape index (κ3) is 2.38. The maximum atomic E-state index is 6.32. The summed E-state index contributed by atoms with van der Waals surface area (Å²) in [6.45, 7) is 1.97. The van der Waals surface area contributed by atoms with Gasteiger partial charge >= 0.3 is 0 Å². The van der Waals surface area contributed by atoms with Crippen LogP contribution in [0.4, 0.5) is 0 Å². The lowest BCUT2D eigenvalue weighted by atomic mass is 9.71. The number of halogens is 2. The average Bonchev–Trinajstić information content (AvgIpc) is 2.40. The van der Waals surface area contributed by atoms with Gasteiger partial charge in [-0.2, -0.15) is 0 Å². The van der Waals surface area contributed by atoms with Gasteiger partial charge in [-0.1, -0.05) is 65.7 Å². The van der Waals surface area contributed by atoms with Crippen LogP contribution in [-0.4, -0.2) is 13.1 Å². The summed E-state index contributed by atoms with van der Waals surface area (Å²) in [5.74, 6) is 0. The molecule has 1 aliphatic heterocycles. The molecule has 2 aromatic carbocycles. The number of hydrogen-bond acceptors (Lipinski definition) is 1. The molecule has 1 fully saturated rings. The van der Waals surface area contributed by atoms with Crippen molar-refractivity contribution in [2.24, 2.45) is 0 Å². The molecule has 0 amide bonds. The lowest BCUT2D eigenvalue weighted by molar-refractivity contribution is 0.275. The summed E-state index contributed by atoms with van der Waals surface area (Å²) in [5, 5.41) is 4.70. The highest BCUT2D eigenvalue weighted by Gasteiger charge is 2.39. The molecule has 1 saturated heterocycles. The van der Waals surface area contributed by atoms with Gasteiger partial charge in [0.1, 0.15) is 0 Å².